The molecule has 2 aromatic carbocycles. The van der Waals surface area contributed by atoms with Gasteiger partial charge in [-0.2, -0.15) is 0 Å². The van der Waals surface area contributed by atoms with Gasteiger partial charge >= 0.3 is 0 Å². The zero-order chi connectivity index (χ0) is 21.4. The summed E-state index contributed by atoms with van der Waals surface area (Å²) in [5, 5.41) is 13.3. The Bertz CT molecular complexity index is 975. The topological polar surface area (TPSA) is 128 Å². The number of carbonyl (C=O) groups excluding carboxylic acids is 1. The summed E-state index contributed by atoms with van der Waals surface area (Å²) in [5.41, 5.74) is 0.776. The van der Waals surface area contributed by atoms with E-state index in [1.54, 1.807) is 6.07 Å². The number of ether oxygens (including phenoxy) is 1. The molecule has 1 amide bonds. The van der Waals surface area contributed by atoms with Crippen LogP contribution in [-0.2, 0) is 14.8 Å². The fourth-order valence-corrected chi connectivity index (χ4v) is 3.47. The lowest BCUT2D eigenvalue weighted by molar-refractivity contribution is -0.385. The number of sulfonamides is 1. The van der Waals surface area contributed by atoms with Gasteiger partial charge in [-0.15, -0.1) is 0 Å². The molecule has 0 heterocycles. The fourth-order valence-electron chi connectivity index (χ4n) is 2.40. The van der Waals surface area contributed by atoms with Gasteiger partial charge in [0.25, 0.3) is 11.6 Å². The van der Waals surface area contributed by atoms with Crippen LogP contribution in [0.1, 0.15) is 25.3 Å². The van der Waals surface area contributed by atoms with Crippen LogP contribution >= 0.6 is 0 Å². The van der Waals surface area contributed by atoms with Gasteiger partial charge in [-0.1, -0.05) is 32.0 Å². The molecule has 0 fully saturated rings. The van der Waals surface area contributed by atoms with E-state index >= 15 is 0 Å². The fraction of sp³-hybridized carbons (Fsp3) is 0.316. The van der Waals surface area contributed by atoms with Gasteiger partial charge in [-0.3, -0.25) is 14.9 Å². The van der Waals surface area contributed by atoms with E-state index < -0.39 is 20.9 Å². The van der Waals surface area contributed by atoms with Crippen LogP contribution < -0.4 is 14.8 Å². The molecule has 0 unspecified atom stereocenters. The van der Waals surface area contributed by atoms with Crippen LogP contribution in [0.5, 0.6) is 5.75 Å². The molecule has 0 saturated carbocycles. The number of benzene rings is 2. The van der Waals surface area contributed by atoms with Crippen molar-refractivity contribution in [3.05, 3.63) is 64.2 Å². The number of nitro groups is 1. The van der Waals surface area contributed by atoms with Crippen LogP contribution in [0.25, 0.3) is 0 Å². The molecular formula is C19H23N3O6S. The van der Waals surface area contributed by atoms with Crippen molar-refractivity contribution >= 4 is 21.6 Å². The van der Waals surface area contributed by atoms with Crippen molar-refractivity contribution in [1.82, 2.24) is 10.0 Å². The predicted molar refractivity (Wildman–Crippen MR) is 107 cm³/mol. The maximum absolute atomic E-state index is 12.2. The maximum Gasteiger partial charge on any atom is 0.270 e. The largest absolute Gasteiger partial charge is 0.484 e. The summed E-state index contributed by atoms with van der Waals surface area (Å²) in [6, 6.07) is 12.2. The van der Waals surface area contributed by atoms with Crippen LogP contribution in [-0.4, -0.2) is 38.9 Å². The van der Waals surface area contributed by atoms with Gasteiger partial charge in [0, 0.05) is 25.2 Å². The van der Waals surface area contributed by atoms with E-state index in [1.165, 1.54) is 18.2 Å². The van der Waals surface area contributed by atoms with Crippen LogP contribution in [0.2, 0.25) is 0 Å². The highest BCUT2D eigenvalue weighted by atomic mass is 32.2. The average molecular weight is 421 g/mol. The number of non-ortho nitro benzene ring substituents is 1. The van der Waals surface area contributed by atoms with Gasteiger partial charge in [0.2, 0.25) is 10.0 Å². The standard InChI is InChI=1S/C19H23N3O6S/c1-14(2)15-5-3-7-17(11-15)28-13-19(23)20-9-10-21-29(26,27)18-8-4-6-16(12-18)22(24)25/h3-8,11-12,14,21H,9-10,13H2,1-2H3,(H,20,23). The zero-order valence-corrected chi connectivity index (χ0v) is 16.9. The molecule has 29 heavy (non-hydrogen) atoms. The second-order valence-corrected chi connectivity index (χ2v) is 8.29. The van der Waals surface area contributed by atoms with E-state index in [0.717, 1.165) is 11.6 Å². The van der Waals surface area contributed by atoms with Gasteiger partial charge in [0.05, 0.1) is 9.82 Å². The number of amides is 1. The molecule has 0 aromatic heterocycles. The molecule has 2 N–H and O–H groups in total. The Hall–Kier alpha value is -2.98. The minimum absolute atomic E-state index is 0.0440. The minimum Gasteiger partial charge on any atom is -0.484 e. The first-order valence-electron chi connectivity index (χ1n) is 8.92. The van der Waals surface area contributed by atoms with Crippen LogP contribution in [0.15, 0.2) is 53.4 Å². The second-order valence-electron chi connectivity index (χ2n) is 6.52. The molecule has 0 atom stereocenters. The monoisotopic (exact) mass is 421 g/mol. The molecule has 0 saturated heterocycles. The number of nitrogens with one attached hydrogen (secondary N) is 2. The maximum atomic E-state index is 12.2. The summed E-state index contributed by atoms with van der Waals surface area (Å²) in [6.45, 7) is 3.89. The van der Waals surface area contributed by atoms with E-state index in [-0.39, 0.29) is 30.3 Å². The summed E-state index contributed by atoms with van der Waals surface area (Å²) < 4.78 is 32.1. The zero-order valence-electron chi connectivity index (χ0n) is 16.1. The number of nitrogens with zero attached hydrogens (tertiary/aromatic N) is 1. The first-order chi connectivity index (χ1) is 13.7. The Morgan fingerprint density at radius 3 is 2.55 bits per heavy atom. The molecule has 0 aliphatic heterocycles. The SMILES string of the molecule is CC(C)c1cccc(OCC(=O)NCCNS(=O)(=O)c2cccc([N+](=O)[O-])c2)c1. The summed E-state index contributed by atoms with van der Waals surface area (Å²) in [5.74, 6) is 0.527. The third-order valence-corrected chi connectivity index (χ3v) is 5.43. The molecule has 0 aliphatic carbocycles. The number of nitro benzene ring substituents is 1. The van der Waals surface area contributed by atoms with E-state index in [4.69, 9.17) is 4.74 Å². The minimum atomic E-state index is -3.92. The molecule has 2 rings (SSSR count). The molecule has 0 radical (unpaired) electrons. The van der Waals surface area contributed by atoms with Crippen molar-refractivity contribution in [3.8, 4) is 5.75 Å². The van der Waals surface area contributed by atoms with Crippen molar-refractivity contribution in [2.75, 3.05) is 19.7 Å². The van der Waals surface area contributed by atoms with Crippen LogP contribution in [0.3, 0.4) is 0 Å². The molecule has 0 spiro atoms. The third-order valence-electron chi connectivity index (χ3n) is 3.97. The smallest absolute Gasteiger partial charge is 0.270 e. The Morgan fingerprint density at radius 1 is 1.14 bits per heavy atom. The Morgan fingerprint density at radius 2 is 1.86 bits per heavy atom. The summed E-state index contributed by atoms with van der Waals surface area (Å²) in [4.78, 5) is 21.7. The highest BCUT2D eigenvalue weighted by Gasteiger charge is 2.17. The van der Waals surface area contributed by atoms with Crippen molar-refractivity contribution in [1.29, 1.82) is 0 Å². The highest BCUT2D eigenvalue weighted by molar-refractivity contribution is 7.89. The normalized spacial score (nSPS) is 11.3. The lowest BCUT2D eigenvalue weighted by atomic mass is 10.0. The quantitative estimate of drug-likeness (QED) is 0.344. The van der Waals surface area contributed by atoms with Crippen molar-refractivity contribution in [2.24, 2.45) is 0 Å². The van der Waals surface area contributed by atoms with Gasteiger partial charge in [-0.05, 0) is 29.7 Å². The van der Waals surface area contributed by atoms with Crippen LogP contribution in [0, 0.1) is 10.1 Å². The highest BCUT2D eigenvalue weighted by Crippen LogP contribution is 2.20. The molecule has 0 aliphatic rings. The number of carbonyl (C=O) groups is 1. The van der Waals surface area contributed by atoms with Gasteiger partial charge in [-0.25, -0.2) is 13.1 Å². The van der Waals surface area contributed by atoms with E-state index in [2.05, 4.69) is 23.9 Å². The Balaban J connectivity index is 1.78. The Labute approximate surface area is 169 Å². The van der Waals surface area contributed by atoms with Crippen LogP contribution in [0.4, 0.5) is 5.69 Å². The molecule has 0 bridgehead atoms. The Kier molecular flexibility index (Phi) is 7.68. The molecular weight excluding hydrogens is 398 g/mol. The molecule has 156 valence electrons. The van der Waals surface area contributed by atoms with Crippen molar-refractivity contribution in [3.63, 3.8) is 0 Å². The second kappa shape index (κ2) is 9.99. The van der Waals surface area contributed by atoms with Gasteiger partial charge < -0.3 is 10.1 Å². The summed E-state index contributed by atoms with van der Waals surface area (Å²) >= 11 is 0. The van der Waals surface area contributed by atoms with E-state index in [9.17, 15) is 23.3 Å². The number of hydrogen-bond acceptors (Lipinski definition) is 6. The first kappa shape index (κ1) is 22.3. The predicted octanol–water partition coefficient (Wildman–Crippen LogP) is 2.19. The average Bonchev–Trinajstić information content (AvgIpc) is 2.70. The number of rotatable bonds is 10. The van der Waals surface area contributed by atoms with Gasteiger partial charge in [0.15, 0.2) is 6.61 Å². The van der Waals surface area contributed by atoms with E-state index in [1.807, 2.05) is 18.2 Å². The third kappa shape index (κ3) is 6.84. The number of hydrogen-bond donors (Lipinski definition) is 2. The summed E-state index contributed by atoms with van der Waals surface area (Å²) in [6.07, 6.45) is 0. The van der Waals surface area contributed by atoms with E-state index in [0.29, 0.717) is 11.7 Å². The summed E-state index contributed by atoms with van der Waals surface area (Å²) in [7, 11) is -3.92. The van der Waals surface area contributed by atoms with Crippen molar-refractivity contribution < 1.29 is 22.9 Å². The first-order valence-corrected chi connectivity index (χ1v) is 10.4. The molecule has 9 nitrogen and oxygen atoms in total. The molecule has 10 heteroatoms. The lowest BCUT2D eigenvalue weighted by Gasteiger charge is -2.11. The molecule has 2 aromatic rings. The van der Waals surface area contributed by atoms with Crippen molar-refractivity contribution in [2.45, 2.75) is 24.7 Å². The lowest BCUT2D eigenvalue weighted by Crippen LogP contribution is -2.36. The van der Waals surface area contributed by atoms with Gasteiger partial charge in [0.1, 0.15) is 5.75 Å².